The molecule has 3 rings (SSSR count). The summed E-state index contributed by atoms with van der Waals surface area (Å²) in [6, 6.07) is 15.3. The van der Waals surface area contributed by atoms with Gasteiger partial charge in [0, 0.05) is 6.08 Å². The van der Waals surface area contributed by atoms with Crippen LogP contribution in [0.5, 0.6) is 5.75 Å². The summed E-state index contributed by atoms with van der Waals surface area (Å²) in [5.41, 5.74) is 1.26. The topological polar surface area (TPSA) is 92.7 Å². The van der Waals surface area contributed by atoms with E-state index >= 15 is 0 Å². The van der Waals surface area contributed by atoms with Crippen molar-refractivity contribution in [1.29, 1.82) is 0 Å². The molecule has 0 spiro atoms. The number of benzene rings is 3. The van der Waals surface area contributed by atoms with Gasteiger partial charge in [0.15, 0.2) is 0 Å². The highest BCUT2D eigenvalue weighted by Gasteiger charge is 2.32. The lowest BCUT2D eigenvalue weighted by atomic mass is 10.1. The van der Waals surface area contributed by atoms with Crippen LogP contribution in [-0.2, 0) is 34.0 Å². The van der Waals surface area contributed by atoms with Crippen LogP contribution in [0.4, 0.5) is 18.9 Å². The Labute approximate surface area is 212 Å². The van der Waals surface area contributed by atoms with E-state index in [9.17, 15) is 26.4 Å². The van der Waals surface area contributed by atoms with Gasteiger partial charge in [0.1, 0.15) is 12.4 Å². The van der Waals surface area contributed by atoms with E-state index in [1.807, 2.05) is 0 Å². The van der Waals surface area contributed by atoms with Crippen molar-refractivity contribution >= 4 is 27.8 Å². The van der Waals surface area contributed by atoms with E-state index in [-0.39, 0.29) is 22.9 Å². The van der Waals surface area contributed by atoms with Gasteiger partial charge in [0.05, 0.1) is 16.1 Å². The molecule has 0 atom stereocenters. The number of hydrogen-bond acceptors (Lipinski definition) is 4. The van der Waals surface area contributed by atoms with Gasteiger partial charge in [-0.25, -0.2) is 13.2 Å². The Balaban J connectivity index is 1.90. The maximum absolute atomic E-state index is 13.4. The number of sulfonamides is 1. The predicted octanol–water partition coefficient (Wildman–Crippen LogP) is 6.30. The second kappa shape index (κ2) is 11.3. The number of aliphatic carboxylic acids is 1. The average molecular weight is 532 g/mol. The Morgan fingerprint density at radius 1 is 1.08 bits per heavy atom. The third kappa shape index (κ3) is 7.71. The standard InChI is InChI=1S/C27H24F3NO5S/c1-18(2)15-21-5-3-4-6-25(21)37(34,35)31-23-13-12-22(27(28,29)30)16-24(23)36-17-20-9-7-19(8-10-20)11-14-26(32)33/h3-14,16,31H,1,15,17H2,2H3,(H,32,33)/b14-11+. The first-order valence-corrected chi connectivity index (χ1v) is 12.4. The molecule has 0 unspecified atom stereocenters. The van der Waals surface area contributed by atoms with Gasteiger partial charge in [-0.2, -0.15) is 13.2 Å². The number of halogens is 3. The van der Waals surface area contributed by atoms with E-state index in [2.05, 4.69) is 11.3 Å². The molecular weight excluding hydrogens is 507 g/mol. The van der Waals surface area contributed by atoms with Crippen LogP contribution in [0.25, 0.3) is 6.08 Å². The molecule has 3 aromatic rings. The van der Waals surface area contributed by atoms with Crippen molar-refractivity contribution in [2.24, 2.45) is 0 Å². The first-order chi connectivity index (χ1) is 17.3. The maximum Gasteiger partial charge on any atom is 0.416 e. The molecule has 0 heterocycles. The van der Waals surface area contributed by atoms with Gasteiger partial charge in [-0.3, -0.25) is 4.72 Å². The Morgan fingerprint density at radius 3 is 2.38 bits per heavy atom. The van der Waals surface area contributed by atoms with Crippen molar-refractivity contribution in [2.45, 2.75) is 31.0 Å². The lowest BCUT2D eigenvalue weighted by Crippen LogP contribution is -2.16. The van der Waals surface area contributed by atoms with Gasteiger partial charge >= 0.3 is 12.1 Å². The van der Waals surface area contributed by atoms with Crippen LogP contribution in [0, 0.1) is 0 Å². The minimum atomic E-state index is -4.66. The van der Waals surface area contributed by atoms with Crippen LogP contribution in [0.1, 0.15) is 29.2 Å². The molecule has 0 amide bonds. The van der Waals surface area contributed by atoms with Gasteiger partial charge in [0.25, 0.3) is 10.0 Å². The molecule has 0 aliphatic heterocycles. The second-order valence-electron chi connectivity index (χ2n) is 8.26. The second-order valence-corrected chi connectivity index (χ2v) is 9.91. The summed E-state index contributed by atoms with van der Waals surface area (Å²) < 4.78 is 74.4. The molecule has 37 heavy (non-hydrogen) atoms. The van der Waals surface area contributed by atoms with Gasteiger partial charge < -0.3 is 9.84 Å². The largest absolute Gasteiger partial charge is 0.487 e. The number of carboxylic acids is 1. The van der Waals surface area contributed by atoms with E-state index in [0.717, 1.165) is 29.8 Å². The molecule has 0 aliphatic rings. The van der Waals surface area contributed by atoms with Gasteiger partial charge in [0.2, 0.25) is 0 Å². The van der Waals surface area contributed by atoms with Crippen LogP contribution in [0.2, 0.25) is 0 Å². The fraction of sp³-hybridized carbons (Fsp3) is 0.148. The van der Waals surface area contributed by atoms with E-state index in [1.54, 1.807) is 49.4 Å². The number of carbonyl (C=O) groups is 1. The van der Waals surface area contributed by atoms with Crippen molar-refractivity contribution in [3.8, 4) is 5.75 Å². The lowest BCUT2D eigenvalue weighted by molar-refractivity contribution is -0.137. The number of alkyl halides is 3. The summed E-state index contributed by atoms with van der Waals surface area (Å²) in [4.78, 5) is 10.6. The van der Waals surface area contributed by atoms with Crippen molar-refractivity contribution in [3.05, 3.63) is 107 Å². The Hall–Kier alpha value is -4.05. The zero-order valence-corrected chi connectivity index (χ0v) is 20.6. The molecule has 10 heteroatoms. The van der Waals surface area contributed by atoms with Crippen LogP contribution >= 0.6 is 0 Å². The highest BCUT2D eigenvalue weighted by Crippen LogP contribution is 2.36. The summed E-state index contributed by atoms with van der Waals surface area (Å²) in [5, 5.41) is 8.71. The van der Waals surface area contributed by atoms with Crippen molar-refractivity contribution in [1.82, 2.24) is 0 Å². The minimum Gasteiger partial charge on any atom is -0.487 e. The predicted molar refractivity (Wildman–Crippen MR) is 135 cm³/mol. The fourth-order valence-corrected chi connectivity index (χ4v) is 4.70. The number of ether oxygens (including phenoxy) is 1. The molecule has 0 saturated heterocycles. The number of rotatable bonds is 10. The normalized spacial score (nSPS) is 11.9. The third-order valence-corrected chi connectivity index (χ3v) is 6.57. The highest BCUT2D eigenvalue weighted by atomic mass is 32.2. The fourth-order valence-electron chi connectivity index (χ4n) is 3.39. The minimum absolute atomic E-state index is 0.0196. The zero-order valence-electron chi connectivity index (χ0n) is 19.7. The van der Waals surface area contributed by atoms with Gasteiger partial charge in [-0.1, -0.05) is 54.6 Å². The first kappa shape index (κ1) is 27.5. The molecule has 0 radical (unpaired) electrons. The number of carboxylic acid groups (broad SMARTS) is 1. The SMILES string of the molecule is C=C(C)Cc1ccccc1S(=O)(=O)Nc1ccc(C(F)(F)F)cc1OCc1ccc(/C=C/C(=O)O)cc1. The summed E-state index contributed by atoms with van der Waals surface area (Å²) in [6.07, 6.45) is -1.99. The lowest BCUT2D eigenvalue weighted by Gasteiger charge is -2.17. The van der Waals surface area contributed by atoms with Crippen LogP contribution in [0.15, 0.2) is 89.9 Å². The van der Waals surface area contributed by atoms with Gasteiger partial charge in [-0.15, -0.1) is 0 Å². The smallest absolute Gasteiger partial charge is 0.416 e. The molecule has 2 N–H and O–H groups in total. The molecule has 0 bridgehead atoms. The summed E-state index contributed by atoms with van der Waals surface area (Å²) >= 11 is 0. The van der Waals surface area contributed by atoms with Crippen LogP contribution < -0.4 is 9.46 Å². The maximum atomic E-state index is 13.4. The molecule has 0 aromatic heterocycles. The average Bonchev–Trinajstić information content (AvgIpc) is 2.81. The van der Waals surface area contributed by atoms with E-state index in [1.165, 1.54) is 12.1 Å². The van der Waals surface area contributed by atoms with Crippen molar-refractivity contribution < 1.29 is 36.2 Å². The first-order valence-electron chi connectivity index (χ1n) is 10.9. The third-order valence-electron chi connectivity index (χ3n) is 5.10. The van der Waals surface area contributed by atoms with E-state index in [4.69, 9.17) is 9.84 Å². The molecule has 3 aromatic carbocycles. The number of hydrogen-bond donors (Lipinski definition) is 2. The number of allylic oxidation sites excluding steroid dienone is 1. The number of nitrogens with one attached hydrogen (secondary N) is 1. The Kier molecular flexibility index (Phi) is 8.44. The Bertz CT molecular complexity index is 1430. The van der Waals surface area contributed by atoms with Crippen LogP contribution in [-0.4, -0.2) is 19.5 Å². The van der Waals surface area contributed by atoms with Crippen LogP contribution in [0.3, 0.4) is 0 Å². The van der Waals surface area contributed by atoms with Crippen molar-refractivity contribution in [3.63, 3.8) is 0 Å². The molecule has 0 aliphatic carbocycles. The summed E-state index contributed by atoms with van der Waals surface area (Å²) in [5.74, 6) is -1.40. The Morgan fingerprint density at radius 2 is 1.76 bits per heavy atom. The molecular formula is C27H24F3NO5S. The molecule has 0 saturated carbocycles. The quantitative estimate of drug-likeness (QED) is 0.237. The monoisotopic (exact) mass is 531 g/mol. The van der Waals surface area contributed by atoms with E-state index < -0.39 is 27.7 Å². The van der Waals surface area contributed by atoms with Gasteiger partial charge in [-0.05, 0) is 60.4 Å². The van der Waals surface area contributed by atoms with E-state index in [0.29, 0.717) is 23.1 Å². The van der Waals surface area contributed by atoms with Crippen molar-refractivity contribution in [2.75, 3.05) is 4.72 Å². The zero-order chi connectivity index (χ0) is 27.2. The summed E-state index contributed by atoms with van der Waals surface area (Å²) in [7, 11) is -4.17. The number of anilines is 1. The molecule has 194 valence electrons. The molecule has 6 nitrogen and oxygen atoms in total. The summed E-state index contributed by atoms with van der Waals surface area (Å²) in [6.45, 7) is 5.41. The molecule has 0 fully saturated rings. The highest BCUT2D eigenvalue weighted by molar-refractivity contribution is 7.92.